The van der Waals surface area contributed by atoms with Crippen LogP contribution in [0.1, 0.15) is 6.92 Å². The number of anilines is 2. The average molecular weight is 322 g/mol. The molecule has 4 heteroatoms. The number of hydrogen-bond donors (Lipinski definition) is 2. The van der Waals surface area contributed by atoms with Crippen molar-refractivity contribution < 1.29 is 9.47 Å². The highest BCUT2D eigenvalue weighted by Gasteiger charge is 2.00. The van der Waals surface area contributed by atoms with Crippen molar-refractivity contribution >= 4 is 22.1 Å². The number of ether oxygens (including phenoxy) is 2. The number of nitrogens with one attached hydrogen (secondary N) is 1. The summed E-state index contributed by atoms with van der Waals surface area (Å²) in [5, 5.41) is 5.67. The van der Waals surface area contributed by atoms with Gasteiger partial charge in [-0.2, -0.15) is 0 Å². The van der Waals surface area contributed by atoms with Crippen LogP contribution in [0.5, 0.6) is 11.5 Å². The van der Waals surface area contributed by atoms with E-state index in [-0.39, 0.29) is 0 Å². The summed E-state index contributed by atoms with van der Waals surface area (Å²) in [6, 6.07) is 19.8. The summed E-state index contributed by atoms with van der Waals surface area (Å²) >= 11 is 0. The summed E-state index contributed by atoms with van der Waals surface area (Å²) in [4.78, 5) is 0. The Kier molecular flexibility index (Phi) is 5.06. The minimum Gasteiger partial charge on any atom is -0.490 e. The second-order valence-corrected chi connectivity index (χ2v) is 5.52. The molecule has 124 valence electrons. The van der Waals surface area contributed by atoms with Crippen molar-refractivity contribution in [2.75, 3.05) is 30.8 Å². The fourth-order valence-electron chi connectivity index (χ4n) is 2.51. The normalized spacial score (nSPS) is 10.5. The summed E-state index contributed by atoms with van der Waals surface area (Å²) in [5.74, 6) is 1.64. The van der Waals surface area contributed by atoms with Gasteiger partial charge < -0.3 is 20.5 Å². The lowest BCUT2D eigenvalue weighted by molar-refractivity contribution is 0.217. The molecule has 0 bridgehead atoms. The highest BCUT2D eigenvalue weighted by molar-refractivity contribution is 5.86. The lowest BCUT2D eigenvalue weighted by Gasteiger charge is -2.10. The largest absolute Gasteiger partial charge is 0.490 e. The maximum Gasteiger partial charge on any atom is 0.122 e. The quantitative estimate of drug-likeness (QED) is 0.503. The predicted molar refractivity (Wildman–Crippen MR) is 100.0 cm³/mol. The number of fused-ring (bicyclic) bond motifs is 1. The van der Waals surface area contributed by atoms with Crippen LogP contribution < -0.4 is 20.5 Å². The molecule has 0 heterocycles. The Balaban J connectivity index is 1.55. The molecule has 0 atom stereocenters. The molecule has 0 aliphatic rings. The first-order chi connectivity index (χ1) is 11.7. The predicted octanol–water partition coefficient (Wildman–Crippen LogP) is 4.31. The minimum atomic E-state index is 0.487. The molecule has 0 saturated carbocycles. The van der Waals surface area contributed by atoms with E-state index in [1.807, 2.05) is 36.4 Å². The number of hydrogen-bond acceptors (Lipinski definition) is 4. The Morgan fingerprint density at radius 3 is 2.17 bits per heavy atom. The van der Waals surface area contributed by atoms with Gasteiger partial charge in [0.25, 0.3) is 0 Å². The second-order valence-electron chi connectivity index (χ2n) is 5.52. The zero-order chi connectivity index (χ0) is 16.8. The van der Waals surface area contributed by atoms with E-state index in [4.69, 9.17) is 15.2 Å². The molecular weight excluding hydrogens is 300 g/mol. The molecule has 0 aromatic heterocycles. The van der Waals surface area contributed by atoms with Crippen LogP contribution in [0.4, 0.5) is 11.4 Å². The highest BCUT2D eigenvalue weighted by Crippen LogP contribution is 2.24. The summed E-state index contributed by atoms with van der Waals surface area (Å²) < 4.78 is 11.4. The van der Waals surface area contributed by atoms with E-state index in [1.54, 1.807) is 0 Å². The van der Waals surface area contributed by atoms with E-state index in [1.165, 1.54) is 5.39 Å². The van der Waals surface area contributed by atoms with E-state index in [0.29, 0.717) is 13.2 Å². The Morgan fingerprint density at radius 1 is 0.792 bits per heavy atom. The van der Waals surface area contributed by atoms with E-state index >= 15 is 0 Å². The van der Waals surface area contributed by atoms with Crippen LogP contribution in [0.3, 0.4) is 0 Å². The maximum absolute atomic E-state index is 5.77. The topological polar surface area (TPSA) is 56.5 Å². The van der Waals surface area contributed by atoms with Crippen LogP contribution >= 0.6 is 0 Å². The first-order valence-corrected chi connectivity index (χ1v) is 8.13. The number of rotatable bonds is 7. The monoisotopic (exact) mass is 322 g/mol. The van der Waals surface area contributed by atoms with Crippen molar-refractivity contribution in [3.8, 4) is 11.5 Å². The molecule has 3 aromatic carbocycles. The van der Waals surface area contributed by atoms with Gasteiger partial charge in [-0.1, -0.05) is 12.1 Å². The van der Waals surface area contributed by atoms with Crippen molar-refractivity contribution in [1.29, 1.82) is 0 Å². The van der Waals surface area contributed by atoms with Crippen LogP contribution in [0.2, 0.25) is 0 Å². The molecule has 0 unspecified atom stereocenters. The first-order valence-electron chi connectivity index (χ1n) is 8.13. The average Bonchev–Trinajstić information content (AvgIpc) is 2.60. The molecule has 0 spiro atoms. The van der Waals surface area contributed by atoms with E-state index < -0.39 is 0 Å². The highest BCUT2D eigenvalue weighted by atomic mass is 16.5. The molecule has 24 heavy (non-hydrogen) atoms. The molecule has 3 rings (SSSR count). The summed E-state index contributed by atoms with van der Waals surface area (Å²) in [6.45, 7) is 3.99. The van der Waals surface area contributed by atoms with Gasteiger partial charge in [0.1, 0.15) is 24.7 Å². The van der Waals surface area contributed by atoms with Crippen molar-refractivity contribution in [2.24, 2.45) is 0 Å². The SMILES string of the molecule is CCNc1ccc2cc(OCCOc3ccc(N)cc3)ccc2c1. The molecule has 3 N–H and O–H groups in total. The summed E-state index contributed by atoms with van der Waals surface area (Å²) in [5.41, 5.74) is 7.51. The van der Waals surface area contributed by atoms with Gasteiger partial charge in [0.2, 0.25) is 0 Å². The molecule has 0 fully saturated rings. The van der Waals surface area contributed by atoms with Gasteiger partial charge in [0.05, 0.1) is 0 Å². The number of nitrogens with two attached hydrogens (primary N) is 1. The lowest BCUT2D eigenvalue weighted by atomic mass is 10.1. The number of nitrogen functional groups attached to an aromatic ring is 1. The molecular formula is C20H22N2O2. The van der Waals surface area contributed by atoms with Crippen LogP contribution in [-0.2, 0) is 0 Å². The Bertz CT molecular complexity index is 800. The molecule has 0 aliphatic carbocycles. The zero-order valence-corrected chi connectivity index (χ0v) is 13.8. The molecule has 4 nitrogen and oxygen atoms in total. The third-order valence-electron chi connectivity index (χ3n) is 3.69. The summed E-state index contributed by atoms with van der Waals surface area (Å²) in [6.07, 6.45) is 0. The third-order valence-corrected chi connectivity index (χ3v) is 3.69. The van der Waals surface area contributed by atoms with Crippen LogP contribution in [0.25, 0.3) is 10.8 Å². The Labute approximate surface area is 142 Å². The van der Waals surface area contributed by atoms with Gasteiger partial charge in [0, 0.05) is 17.9 Å². The van der Waals surface area contributed by atoms with Gasteiger partial charge in [-0.05, 0) is 66.2 Å². The Hall–Kier alpha value is -2.88. The van der Waals surface area contributed by atoms with Crippen LogP contribution in [0, 0.1) is 0 Å². The molecule has 0 amide bonds. The maximum atomic E-state index is 5.77. The molecule has 0 aliphatic heterocycles. The summed E-state index contributed by atoms with van der Waals surface area (Å²) in [7, 11) is 0. The van der Waals surface area contributed by atoms with E-state index in [9.17, 15) is 0 Å². The molecule has 3 aromatic rings. The van der Waals surface area contributed by atoms with Crippen molar-refractivity contribution in [1.82, 2.24) is 0 Å². The van der Waals surface area contributed by atoms with Crippen molar-refractivity contribution in [3.05, 3.63) is 60.7 Å². The van der Waals surface area contributed by atoms with Crippen LogP contribution in [-0.4, -0.2) is 19.8 Å². The first kappa shape index (κ1) is 16.0. The zero-order valence-electron chi connectivity index (χ0n) is 13.8. The third kappa shape index (κ3) is 4.10. The van der Waals surface area contributed by atoms with Crippen LogP contribution in [0.15, 0.2) is 60.7 Å². The smallest absolute Gasteiger partial charge is 0.122 e. The van der Waals surface area contributed by atoms with Gasteiger partial charge in [-0.15, -0.1) is 0 Å². The van der Waals surface area contributed by atoms with Gasteiger partial charge in [-0.25, -0.2) is 0 Å². The lowest BCUT2D eigenvalue weighted by Crippen LogP contribution is -2.08. The van der Waals surface area contributed by atoms with Gasteiger partial charge in [-0.3, -0.25) is 0 Å². The van der Waals surface area contributed by atoms with Gasteiger partial charge in [0.15, 0.2) is 0 Å². The van der Waals surface area contributed by atoms with E-state index in [2.05, 4.69) is 36.5 Å². The van der Waals surface area contributed by atoms with Gasteiger partial charge >= 0.3 is 0 Å². The molecule has 0 radical (unpaired) electrons. The minimum absolute atomic E-state index is 0.487. The fraction of sp³-hybridized carbons (Fsp3) is 0.200. The van der Waals surface area contributed by atoms with E-state index in [0.717, 1.165) is 34.8 Å². The van der Waals surface area contributed by atoms with Crippen molar-refractivity contribution in [3.63, 3.8) is 0 Å². The molecule has 0 saturated heterocycles. The second kappa shape index (κ2) is 7.59. The number of benzene rings is 3. The standard InChI is InChI=1S/C20H22N2O2/c1-2-22-18-7-3-16-14-20(8-4-15(16)13-18)24-12-11-23-19-9-5-17(21)6-10-19/h3-10,13-14,22H,2,11-12,21H2,1H3. The van der Waals surface area contributed by atoms with Crippen molar-refractivity contribution in [2.45, 2.75) is 6.92 Å². The fourth-order valence-corrected chi connectivity index (χ4v) is 2.51. The Morgan fingerprint density at radius 2 is 1.42 bits per heavy atom.